The van der Waals surface area contributed by atoms with Gasteiger partial charge in [0.15, 0.2) is 11.5 Å². The molecule has 1 aliphatic heterocycles. The highest BCUT2D eigenvalue weighted by Gasteiger charge is 2.13. The quantitative estimate of drug-likeness (QED) is 0.809. The van der Waals surface area contributed by atoms with E-state index in [4.69, 9.17) is 23.2 Å². The molecular formula is C11H15NO2. The van der Waals surface area contributed by atoms with Gasteiger partial charge in [0.1, 0.15) is 4.15 Å². The van der Waals surface area contributed by atoms with Crippen LogP contribution in [0.1, 0.15) is 24.8 Å². The monoisotopic (exact) mass is 203 g/mol. The topological polar surface area (TPSA) is 30.5 Å². The third-order valence-corrected chi connectivity index (χ3v) is 1.71. The minimum atomic E-state index is -2.88. The Hall–Kier alpha value is -1.22. The first-order chi connectivity index (χ1) is 10.7. The first kappa shape index (κ1) is 3.14. The maximum atomic E-state index is 8.07. The van der Waals surface area contributed by atoms with Gasteiger partial charge in [-0.2, -0.15) is 0 Å². The van der Waals surface area contributed by atoms with Gasteiger partial charge in [-0.1, -0.05) is 6.04 Å². The van der Waals surface area contributed by atoms with Gasteiger partial charge < -0.3 is 14.8 Å². The number of likely N-dealkylation sites (N-methyl/N-ethyl adjacent to an activating group) is 1. The highest BCUT2D eigenvalue weighted by atomic mass is 16.7. The number of benzene rings is 1. The number of fused-ring (bicyclic) bond motifs is 1. The summed E-state index contributed by atoms with van der Waals surface area (Å²) in [4.78, 5) is 0. The van der Waals surface area contributed by atoms with E-state index < -0.39 is 44.3 Å². The van der Waals surface area contributed by atoms with E-state index in [9.17, 15) is 0 Å². The fourth-order valence-corrected chi connectivity index (χ4v) is 1.05. The largest absolute Gasteiger partial charge is 0.454 e. The lowest BCUT2D eigenvalue weighted by atomic mass is 10.1. The lowest BCUT2D eigenvalue weighted by Crippen LogP contribution is -2.23. The van der Waals surface area contributed by atoms with Gasteiger partial charge in [0.05, 0.1) is 4.11 Å². The molecule has 1 aliphatic rings. The van der Waals surface area contributed by atoms with Crippen molar-refractivity contribution < 1.29 is 23.2 Å². The highest BCUT2D eigenvalue weighted by Crippen LogP contribution is 2.32. The van der Waals surface area contributed by atoms with E-state index >= 15 is 0 Å². The van der Waals surface area contributed by atoms with Gasteiger partial charge in [-0.25, -0.2) is 0 Å². The van der Waals surface area contributed by atoms with Crippen LogP contribution < -0.4 is 14.8 Å². The van der Waals surface area contributed by atoms with Crippen LogP contribution in [-0.2, 0) is 6.42 Å². The number of rotatable bonds is 3. The molecular weight excluding hydrogens is 178 g/mol. The van der Waals surface area contributed by atoms with Crippen molar-refractivity contribution in [3.05, 3.63) is 23.7 Å². The third-order valence-electron chi connectivity index (χ3n) is 1.71. The summed E-state index contributed by atoms with van der Waals surface area (Å²) in [6.07, 6.45) is -0.516. The summed E-state index contributed by atoms with van der Waals surface area (Å²) >= 11 is 0. The Labute approximate surface area is 98.1 Å². The van der Waals surface area contributed by atoms with E-state index in [0.717, 1.165) is 6.92 Å². The second-order valence-corrected chi connectivity index (χ2v) is 2.82. The molecule has 76 valence electrons. The fraction of sp³-hybridized carbons (Fsp3) is 0.455. The summed E-state index contributed by atoms with van der Waals surface area (Å²) in [5, 5.41) is 0.0757. The maximum Gasteiger partial charge on any atom is 0.231 e. The van der Waals surface area contributed by atoms with Crippen LogP contribution in [0.4, 0.5) is 0 Å². The average Bonchev–Trinajstić information content (AvgIpc) is 2.75. The Morgan fingerprint density at radius 1 is 1.79 bits per heavy atom. The van der Waals surface area contributed by atoms with Gasteiger partial charge in [0.2, 0.25) is 6.75 Å². The van der Waals surface area contributed by atoms with Crippen LogP contribution >= 0.6 is 0 Å². The third kappa shape index (κ3) is 1.82. The summed E-state index contributed by atoms with van der Waals surface area (Å²) in [5.41, 5.74) is -0.195. The van der Waals surface area contributed by atoms with Crippen molar-refractivity contribution in [2.24, 2.45) is 0 Å². The Kier molecular flexibility index (Phi) is 0.869. The van der Waals surface area contributed by atoms with Gasteiger partial charge in [0, 0.05) is 11.5 Å². The lowest BCUT2D eigenvalue weighted by molar-refractivity contribution is 0.174. The summed E-state index contributed by atoms with van der Waals surface area (Å²) in [5.74, 6) is -0.763. The number of nitrogens with one attached hydrogen (secondary N) is 1. The molecule has 14 heavy (non-hydrogen) atoms. The van der Waals surface area contributed by atoms with E-state index in [1.807, 2.05) is 0 Å². The summed E-state index contributed by atoms with van der Waals surface area (Å²) in [7, 11) is 0. The second kappa shape index (κ2) is 3.88. The zero-order valence-electron chi connectivity index (χ0n) is 17.5. The van der Waals surface area contributed by atoms with Gasteiger partial charge in [-0.15, -0.1) is 0 Å². The van der Waals surface area contributed by atoms with Crippen molar-refractivity contribution in [2.45, 2.75) is 19.4 Å². The average molecular weight is 203 g/mol. The van der Waals surface area contributed by atoms with Crippen LogP contribution in [0, 0.1) is 0 Å². The minimum Gasteiger partial charge on any atom is -0.454 e. The smallest absolute Gasteiger partial charge is 0.231 e. The van der Waals surface area contributed by atoms with Crippen molar-refractivity contribution >= 4 is 0 Å². The van der Waals surface area contributed by atoms with Crippen LogP contribution in [0.2, 0.25) is 1.41 Å². The summed E-state index contributed by atoms with van der Waals surface area (Å²) in [6.45, 7) is -4.32. The second-order valence-electron chi connectivity index (χ2n) is 2.82. The van der Waals surface area contributed by atoms with Crippen molar-refractivity contribution in [1.29, 1.82) is 0 Å². The Balaban J connectivity index is 2.49. The van der Waals surface area contributed by atoms with Gasteiger partial charge >= 0.3 is 0 Å². The number of hydrogen-bond donors (Lipinski definition) is 1. The molecule has 0 aliphatic carbocycles. The van der Waals surface area contributed by atoms with Crippen LogP contribution in [0.5, 0.6) is 11.5 Å². The molecule has 3 heteroatoms. The Bertz CT molecular complexity index is 672. The first-order valence-corrected chi connectivity index (χ1v) is 3.97. The van der Waals surface area contributed by atoms with Crippen LogP contribution in [-0.4, -0.2) is 19.7 Å². The molecule has 0 aromatic heterocycles. The first-order valence-electron chi connectivity index (χ1n) is 8.92. The van der Waals surface area contributed by atoms with E-state index in [1.165, 1.54) is 0 Å². The lowest BCUT2D eigenvalue weighted by Gasteiger charge is -2.09. The molecule has 0 saturated carbocycles. The van der Waals surface area contributed by atoms with E-state index in [-0.39, 0.29) is 22.4 Å². The zero-order valence-corrected chi connectivity index (χ0v) is 7.47. The van der Waals surface area contributed by atoms with Crippen molar-refractivity contribution in [3.63, 3.8) is 0 Å². The van der Waals surface area contributed by atoms with E-state index in [2.05, 4.69) is 0 Å². The molecule has 2 rings (SSSR count). The normalized spacial score (nSPS) is 33.0. The predicted octanol–water partition coefficient (Wildman–Crippen LogP) is 1.57. The molecule has 1 unspecified atom stereocenters. The van der Waals surface area contributed by atoms with E-state index in [1.54, 1.807) is 0 Å². The number of hydrogen-bond acceptors (Lipinski definition) is 3. The molecule has 0 radical (unpaired) electrons. The standard InChI is InChI=1S/C11H15NO2/c1-8(12-2)5-9-3-4-10-11(6-9)14-7-13-10/h3-4,6,8,12H,5,7H2,1-2H3/i2D3,3D,4D,6D,7D2,8D/hD. The van der Waals surface area contributed by atoms with Crippen molar-refractivity contribution in [2.75, 3.05) is 13.7 Å². The summed E-state index contributed by atoms with van der Waals surface area (Å²) in [6, 6.07) is -3.52. The van der Waals surface area contributed by atoms with Gasteiger partial charge in [-0.3, -0.25) is 0 Å². The van der Waals surface area contributed by atoms with Crippen LogP contribution in [0.3, 0.4) is 0 Å². The molecule has 1 heterocycles. The molecule has 1 aromatic rings. The number of ether oxygens (including phenoxy) is 2. The van der Waals surface area contributed by atoms with Gasteiger partial charge in [-0.05, 0) is 38.0 Å². The van der Waals surface area contributed by atoms with Crippen molar-refractivity contribution in [1.82, 2.24) is 5.31 Å². The fourth-order valence-electron chi connectivity index (χ4n) is 1.05. The van der Waals surface area contributed by atoms with Gasteiger partial charge in [0.25, 0.3) is 0 Å². The predicted molar refractivity (Wildman–Crippen MR) is 54.8 cm³/mol. The van der Waals surface area contributed by atoms with Crippen LogP contribution in [0.15, 0.2) is 18.1 Å². The van der Waals surface area contributed by atoms with Crippen molar-refractivity contribution in [3.8, 4) is 11.5 Å². The Morgan fingerprint density at radius 3 is 3.50 bits per heavy atom. The molecule has 0 bridgehead atoms. The molecule has 1 N–H and O–H groups in total. The molecule has 0 saturated heterocycles. The molecule has 1 aromatic carbocycles. The Morgan fingerprint density at radius 2 is 2.64 bits per heavy atom. The highest BCUT2D eigenvalue weighted by molar-refractivity contribution is 5.44. The SMILES string of the molecule is [2H]c1c([2H])c2c(c([2H])c1CC([2H])(C)N([2H])C([2H])([2H])[2H])OC([2H])([2H])O2. The summed E-state index contributed by atoms with van der Waals surface area (Å²) < 4.78 is 85.5. The maximum absolute atomic E-state index is 8.07. The van der Waals surface area contributed by atoms with E-state index in [0.29, 0.717) is 0 Å². The molecule has 0 amide bonds. The molecule has 3 nitrogen and oxygen atoms in total. The van der Waals surface area contributed by atoms with Crippen LogP contribution in [0.25, 0.3) is 0 Å². The minimum absolute atomic E-state index is 0.0757. The zero-order chi connectivity index (χ0) is 18.7. The molecule has 0 spiro atoms. The molecule has 1 atom stereocenters. The molecule has 0 fully saturated rings.